The van der Waals surface area contributed by atoms with E-state index >= 15 is 4.39 Å². The molecule has 5 aromatic rings. The molecule has 10 rings (SSSR count). The third kappa shape index (κ3) is 6.59. The molecule has 4 aromatic carbocycles. The molecule has 0 aliphatic carbocycles. The van der Waals surface area contributed by atoms with Crippen LogP contribution in [0.1, 0.15) is 67.8 Å². The topological polar surface area (TPSA) is 165 Å². The number of piperidine rings is 1. The van der Waals surface area contributed by atoms with Crippen LogP contribution in [-0.2, 0) is 29.1 Å². The first-order valence-electron chi connectivity index (χ1n) is 19.8. The van der Waals surface area contributed by atoms with E-state index in [1.165, 1.54) is 25.2 Å². The van der Waals surface area contributed by atoms with Crippen LogP contribution in [0.5, 0.6) is 17.2 Å². The maximum atomic E-state index is 15.3. The number of nitrogens with one attached hydrogen (secondary N) is 2. The lowest BCUT2D eigenvalue weighted by atomic mass is 9.83. The molecule has 14 nitrogen and oxygen atoms in total. The molecule has 6 heterocycles. The molecule has 308 valence electrons. The van der Waals surface area contributed by atoms with E-state index in [1.54, 1.807) is 53.6 Å². The molecule has 2 fully saturated rings. The number of amides is 4. The highest BCUT2D eigenvalue weighted by atomic mass is 35.5. The Labute approximate surface area is 353 Å². The van der Waals surface area contributed by atoms with Gasteiger partial charge in [-0.2, -0.15) is 0 Å². The predicted octanol–water partition coefficient (Wildman–Crippen LogP) is 6.03. The first-order valence-corrected chi connectivity index (χ1v) is 20.2. The molecule has 2 N–H and O–H groups in total. The molecule has 61 heavy (non-hydrogen) atoms. The Morgan fingerprint density at radius 3 is 2.59 bits per heavy atom. The normalized spacial score (nSPS) is 18.4. The molecule has 1 unspecified atom stereocenters. The number of hydrogen-bond acceptors (Lipinski definition) is 11. The highest BCUT2D eigenvalue weighted by molar-refractivity contribution is 6.31. The van der Waals surface area contributed by atoms with Gasteiger partial charge in [0, 0.05) is 58.2 Å². The summed E-state index contributed by atoms with van der Waals surface area (Å²) in [6, 6.07) is 18.1. The molecular formula is C45H37ClFN7O7. The van der Waals surface area contributed by atoms with Crippen LogP contribution in [-0.4, -0.2) is 88.1 Å². The lowest BCUT2D eigenvalue weighted by molar-refractivity contribution is -0.136. The minimum Gasteiger partial charge on any atom is -0.496 e. The Morgan fingerprint density at radius 1 is 0.951 bits per heavy atom. The second-order valence-electron chi connectivity index (χ2n) is 15.7. The fraction of sp³-hybridized carbons (Fsp3) is 0.267. The quantitative estimate of drug-likeness (QED) is 0.185. The van der Waals surface area contributed by atoms with Crippen molar-refractivity contribution in [2.75, 3.05) is 32.6 Å². The molecule has 1 aromatic heterocycles. The summed E-state index contributed by atoms with van der Waals surface area (Å²) in [5.41, 5.74) is 5.85. The molecule has 1 spiro atoms. The number of fused-ring (bicyclic) bond motifs is 5. The van der Waals surface area contributed by atoms with Gasteiger partial charge < -0.3 is 29.3 Å². The maximum Gasteiger partial charge on any atom is 0.257 e. The van der Waals surface area contributed by atoms with Gasteiger partial charge in [-0.3, -0.25) is 29.5 Å². The lowest BCUT2D eigenvalue weighted by Crippen LogP contribution is -2.67. The highest BCUT2D eigenvalue weighted by Gasteiger charge is 2.50. The van der Waals surface area contributed by atoms with Crippen molar-refractivity contribution in [3.05, 3.63) is 123 Å². The number of nitrogens with zero attached hydrogens (tertiary/aromatic N) is 5. The third-order valence-electron chi connectivity index (χ3n) is 12.0. The van der Waals surface area contributed by atoms with Gasteiger partial charge in [0.1, 0.15) is 34.7 Å². The van der Waals surface area contributed by atoms with Crippen LogP contribution in [0.25, 0.3) is 11.3 Å². The largest absolute Gasteiger partial charge is 0.496 e. The number of benzene rings is 4. The summed E-state index contributed by atoms with van der Waals surface area (Å²) >= 11 is 6.47. The summed E-state index contributed by atoms with van der Waals surface area (Å²) in [4.78, 5) is 68.9. The first-order chi connectivity index (χ1) is 29.5. The fourth-order valence-electron chi connectivity index (χ4n) is 8.94. The average molecular weight is 842 g/mol. The molecule has 0 saturated carbocycles. The smallest absolute Gasteiger partial charge is 0.257 e. The minimum atomic E-state index is -0.695. The van der Waals surface area contributed by atoms with Gasteiger partial charge in [0.05, 0.1) is 56.4 Å². The van der Waals surface area contributed by atoms with E-state index in [2.05, 4.69) is 15.6 Å². The second kappa shape index (κ2) is 14.7. The zero-order valence-corrected chi connectivity index (χ0v) is 33.8. The number of hydrogen-bond donors (Lipinski definition) is 2. The van der Waals surface area contributed by atoms with E-state index in [9.17, 15) is 19.2 Å². The number of aromatic nitrogens is 2. The van der Waals surface area contributed by atoms with E-state index in [1.807, 2.05) is 18.2 Å². The number of likely N-dealkylation sites (tertiary alicyclic amines) is 1. The minimum absolute atomic E-state index is 0.183. The lowest BCUT2D eigenvalue weighted by Gasteiger charge is -2.51. The van der Waals surface area contributed by atoms with Crippen molar-refractivity contribution in [1.82, 2.24) is 25.1 Å². The zero-order chi connectivity index (χ0) is 42.2. The van der Waals surface area contributed by atoms with Crippen molar-refractivity contribution in [2.45, 2.75) is 50.4 Å². The van der Waals surface area contributed by atoms with Crippen LogP contribution in [0, 0.1) is 5.82 Å². The van der Waals surface area contributed by atoms with Crippen LogP contribution >= 0.6 is 11.6 Å². The van der Waals surface area contributed by atoms with Gasteiger partial charge in [-0.05, 0) is 78.9 Å². The molecule has 5 aliphatic rings. The summed E-state index contributed by atoms with van der Waals surface area (Å²) < 4.78 is 33.1. The zero-order valence-electron chi connectivity index (χ0n) is 33.0. The SMILES string of the molecule is COc1cc(Nc2ncc3c(n2)-c2ccc(Cl)cc2C(c2c(F)cccc2OC)=NC3)ccc1C(=O)N1CC2(CCc3cc4c(cc3O2)CN(C2CCC(=O)NC2=O)C4=O)C1. The highest BCUT2D eigenvalue weighted by Crippen LogP contribution is 2.43. The Hall–Kier alpha value is -6.87. The summed E-state index contributed by atoms with van der Waals surface area (Å²) in [7, 11) is 2.98. The second-order valence-corrected chi connectivity index (χ2v) is 16.2. The van der Waals surface area contributed by atoms with Crippen LogP contribution < -0.4 is 24.8 Å². The molecular weight excluding hydrogens is 805 g/mol. The number of halogens is 2. The van der Waals surface area contributed by atoms with E-state index in [4.69, 9.17) is 35.8 Å². The Morgan fingerprint density at radius 2 is 1.79 bits per heavy atom. The summed E-state index contributed by atoms with van der Waals surface area (Å²) in [5, 5.41) is 6.03. The molecule has 0 radical (unpaired) electrons. The summed E-state index contributed by atoms with van der Waals surface area (Å²) in [6.45, 7) is 1.18. The molecule has 1 atom stereocenters. The van der Waals surface area contributed by atoms with Crippen molar-refractivity contribution in [2.24, 2.45) is 4.99 Å². The first kappa shape index (κ1) is 38.3. The van der Waals surface area contributed by atoms with Crippen LogP contribution in [0.3, 0.4) is 0 Å². The monoisotopic (exact) mass is 841 g/mol. The van der Waals surface area contributed by atoms with E-state index in [0.717, 1.165) is 16.7 Å². The number of methoxy groups -OCH3 is 2. The number of aliphatic imine (C=N–C) groups is 1. The number of carbonyl (C=O) groups is 4. The third-order valence-corrected chi connectivity index (χ3v) is 12.2. The summed E-state index contributed by atoms with van der Waals surface area (Å²) in [6.07, 6.45) is 3.49. The number of aryl methyl sites for hydroxylation is 1. The molecule has 5 aliphatic heterocycles. The van der Waals surface area contributed by atoms with Gasteiger partial charge in [0.25, 0.3) is 11.8 Å². The Balaban J connectivity index is 0.837. The van der Waals surface area contributed by atoms with Gasteiger partial charge >= 0.3 is 0 Å². The van der Waals surface area contributed by atoms with Crippen LogP contribution in [0.2, 0.25) is 5.02 Å². The van der Waals surface area contributed by atoms with E-state index in [-0.39, 0.29) is 48.7 Å². The fourth-order valence-corrected chi connectivity index (χ4v) is 9.11. The Kier molecular flexibility index (Phi) is 9.23. The molecule has 16 heteroatoms. The maximum absolute atomic E-state index is 15.3. The number of rotatable bonds is 7. The van der Waals surface area contributed by atoms with E-state index < -0.39 is 23.4 Å². The Bertz CT molecular complexity index is 2770. The van der Waals surface area contributed by atoms with Crippen LogP contribution in [0.15, 0.2) is 77.9 Å². The molecule has 2 saturated heterocycles. The van der Waals surface area contributed by atoms with Gasteiger partial charge in [-0.15, -0.1) is 0 Å². The number of carbonyl (C=O) groups excluding carboxylic acids is 4. The van der Waals surface area contributed by atoms with Gasteiger partial charge in [-0.1, -0.05) is 23.7 Å². The van der Waals surface area contributed by atoms with Crippen molar-refractivity contribution in [3.8, 4) is 28.5 Å². The number of ether oxygens (including phenoxy) is 3. The van der Waals surface area contributed by atoms with Gasteiger partial charge in [0.2, 0.25) is 17.8 Å². The number of anilines is 2. The van der Waals surface area contributed by atoms with Gasteiger partial charge in [-0.25, -0.2) is 14.4 Å². The average Bonchev–Trinajstić information content (AvgIpc) is 3.46. The van der Waals surface area contributed by atoms with Crippen molar-refractivity contribution in [3.63, 3.8) is 0 Å². The van der Waals surface area contributed by atoms with Crippen molar-refractivity contribution < 1.29 is 37.8 Å². The summed E-state index contributed by atoms with van der Waals surface area (Å²) in [5.74, 6) is -0.0347. The standard InChI is InChI=1S/C45H37ClFN7O7/c1-59-34-5-3-4-32(47)38(34)40-31-16-26(46)6-8-28(31)39-25(18-48-40)19-49-44(52-39)50-27-7-9-29(36(17-27)60-2)42(57)53-21-45(22-53)13-12-23-14-30-24(15-35(23)61-45)20-54(43(30)58)33-10-11-37(55)51-41(33)56/h3-9,14-17,19,33H,10-13,18,20-22H2,1-2H3,(H,49,50,52)(H,51,55,56). The van der Waals surface area contributed by atoms with Crippen molar-refractivity contribution >= 4 is 52.6 Å². The van der Waals surface area contributed by atoms with Crippen molar-refractivity contribution in [1.29, 1.82) is 0 Å². The molecule has 0 bridgehead atoms. The predicted molar refractivity (Wildman–Crippen MR) is 221 cm³/mol. The van der Waals surface area contributed by atoms with Crippen LogP contribution in [0.4, 0.5) is 16.0 Å². The number of imide groups is 1. The van der Waals surface area contributed by atoms with E-state index in [0.29, 0.717) is 94.0 Å². The van der Waals surface area contributed by atoms with Gasteiger partial charge in [0.15, 0.2) is 0 Å². The molecule has 4 amide bonds.